The van der Waals surface area contributed by atoms with Gasteiger partial charge in [0.25, 0.3) is 5.56 Å². The molecule has 0 radical (unpaired) electrons. The van der Waals surface area contributed by atoms with Crippen LogP contribution in [0.5, 0.6) is 0 Å². The Bertz CT molecular complexity index is 388. The number of hydrogen-bond donors (Lipinski definition) is 1. The van der Waals surface area contributed by atoms with Gasteiger partial charge in [0.15, 0.2) is 0 Å². The molecule has 5 nitrogen and oxygen atoms in total. The summed E-state index contributed by atoms with van der Waals surface area (Å²) in [6, 6.07) is 0. The van der Waals surface area contributed by atoms with Gasteiger partial charge in [-0.15, -0.1) is 0 Å². The van der Waals surface area contributed by atoms with Gasteiger partial charge >= 0.3 is 5.97 Å². The van der Waals surface area contributed by atoms with Gasteiger partial charge in [0.2, 0.25) is 0 Å². The molecule has 0 saturated heterocycles. The lowest BCUT2D eigenvalue weighted by Crippen LogP contribution is -2.19. The van der Waals surface area contributed by atoms with Crippen LogP contribution in [0.25, 0.3) is 0 Å². The first kappa shape index (κ1) is 10.7. The molecule has 0 aliphatic rings. The molecule has 0 bridgehead atoms. The number of rotatable bonds is 3. The monoisotopic (exact) mass is 216 g/mol. The smallest absolute Gasteiger partial charge is 0.310 e. The zero-order valence-corrected chi connectivity index (χ0v) is 8.30. The number of halogens is 1. The predicted octanol–water partition coefficient (Wildman–Crippen LogP) is 0.529. The highest BCUT2D eigenvalue weighted by atomic mass is 35.5. The summed E-state index contributed by atoms with van der Waals surface area (Å²) in [4.78, 5) is 22.2. The number of nitrogens with one attached hydrogen (secondary N) is 1. The van der Waals surface area contributed by atoms with Crippen LogP contribution in [-0.2, 0) is 16.0 Å². The molecule has 0 fully saturated rings. The number of aromatic amines is 1. The summed E-state index contributed by atoms with van der Waals surface area (Å²) in [5, 5.41) is 5.83. The second-order valence-corrected chi connectivity index (χ2v) is 2.91. The van der Waals surface area contributed by atoms with Crippen molar-refractivity contribution in [1.29, 1.82) is 0 Å². The van der Waals surface area contributed by atoms with Crippen molar-refractivity contribution in [3.8, 4) is 0 Å². The molecule has 1 N–H and O–H groups in total. The second kappa shape index (κ2) is 4.76. The van der Waals surface area contributed by atoms with Gasteiger partial charge in [-0.1, -0.05) is 11.6 Å². The van der Waals surface area contributed by atoms with E-state index < -0.39 is 11.5 Å². The quantitative estimate of drug-likeness (QED) is 0.748. The number of carbonyl (C=O) groups excluding carboxylic acids is 1. The largest absolute Gasteiger partial charge is 0.466 e. The topological polar surface area (TPSA) is 72.0 Å². The fourth-order valence-corrected chi connectivity index (χ4v) is 1.12. The fraction of sp³-hybridized carbons (Fsp3) is 0.375. The van der Waals surface area contributed by atoms with E-state index in [9.17, 15) is 9.59 Å². The first-order valence-electron chi connectivity index (χ1n) is 4.02. The SMILES string of the molecule is CCOC(=O)Cc1c(Cl)cn[nH]c1=O. The third-order valence-corrected chi connectivity index (χ3v) is 1.86. The van der Waals surface area contributed by atoms with Gasteiger partial charge in [-0.2, -0.15) is 5.10 Å². The van der Waals surface area contributed by atoms with E-state index in [-0.39, 0.29) is 23.6 Å². The number of hydrogen-bond acceptors (Lipinski definition) is 4. The van der Waals surface area contributed by atoms with Gasteiger partial charge in [0.1, 0.15) is 0 Å². The van der Waals surface area contributed by atoms with Crippen molar-refractivity contribution in [3.63, 3.8) is 0 Å². The van der Waals surface area contributed by atoms with Crippen LogP contribution in [0, 0.1) is 0 Å². The highest BCUT2D eigenvalue weighted by Gasteiger charge is 2.11. The summed E-state index contributed by atoms with van der Waals surface area (Å²) in [6.07, 6.45) is 1.14. The third kappa shape index (κ3) is 2.56. The van der Waals surface area contributed by atoms with Gasteiger partial charge in [0, 0.05) is 0 Å². The molecule has 1 aromatic rings. The van der Waals surface area contributed by atoms with Crippen molar-refractivity contribution in [2.24, 2.45) is 0 Å². The first-order chi connectivity index (χ1) is 6.65. The van der Waals surface area contributed by atoms with Crippen LogP contribution in [-0.4, -0.2) is 22.8 Å². The molecule has 6 heteroatoms. The number of H-pyrrole nitrogens is 1. The molecule has 0 unspecified atom stereocenters. The Morgan fingerprint density at radius 2 is 2.43 bits per heavy atom. The van der Waals surface area contributed by atoms with E-state index in [4.69, 9.17) is 11.6 Å². The summed E-state index contributed by atoms with van der Waals surface area (Å²) < 4.78 is 4.69. The Morgan fingerprint density at radius 3 is 3.00 bits per heavy atom. The zero-order chi connectivity index (χ0) is 10.6. The Labute approximate surface area is 85.0 Å². The molecule has 1 aromatic heterocycles. The molecule has 0 amide bonds. The first-order valence-corrected chi connectivity index (χ1v) is 4.40. The lowest BCUT2D eigenvalue weighted by molar-refractivity contribution is -0.142. The highest BCUT2D eigenvalue weighted by molar-refractivity contribution is 6.31. The molecule has 1 rings (SSSR count). The van der Waals surface area contributed by atoms with E-state index >= 15 is 0 Å². The van der Waals surface area contributed by atoms with E-state index in [1.807, 2.05) is 0 Å². The lowest BCUT2D eigenvalue weighted by atomic mass is 10.2. The molecule has 0 saturated carbocycles. The van der Waals surface area contributed by atoms with Crippen LogP contribution >= 0.6 is 11.6 Å². The van der Waals surface area contributed by atoms with Crippen molar-refractivity contribution >= 4 is 17.6 Å². The van der Waals surface area contributed by atoms with E-state index in [2.05, 4.69) is 14.9 Å². The average molecular weight is 217 g/mol. The molecule has 76 valence electrons. The maximum atomic E-state index is 11.2. The molecule has 0 aliphatic heterocycles. The summed E-state index contributed by atoms with van der Waals surface area (Å²) in [5.41, 5.74) is -0.286. The van der Waals surface area contributed by atoms with E-state index in [0.29, 0.717) is 0 Å². The van der Waals surface area contributed by atoms with Crippen LogP contribution < -0.4 is 5.56 Å². The van der Waals surface area contributed by atoms with Crippen molar-refractivity contribution in [2.75, 3.05) is 6.61 Å². The van der Waals surface area contributed by atoms with E-state index in [0.717, 1.165) is 0 Å². The van der Waals surface area contributed by atoms with Gasteiger partial charge in [0.05, 0.1) is 29.8 Å². The Balaban J connectivity index is 2.86. The third-order valence-electron chi connectivity index (χ3n) is 1.53. The van der Waals surface area contributed by atoms with Gasteiger partial charge in [-0.05, 0) is 6.92 Å². The molecular formula is C8H9ClN2O3. The summed E-state index contributed by atoms with van der Waals surface area (Å²) in [5.74, 6) is -0.480. The molecule has 0 atom stereocenters. The normalized spacial score (nSPS) is 9.86. The number of nitrogens with zero attached hydrogens (tertiary/aromatic N) is 1. The molecular weight excluding hydrogens is 208 g/mol. The van der Waals surface area contributed by atoms with Crippen LogP contribution in [0.3, 0.4) is 0 Å². The second-order valence-electron chi connectivity index (χ2n) is 2.51. The molecule has 0 spiro atoms. The number of aromatic nitrogens is 2. The molecule has 0 aliphatic carbocycles. The van der Waals surface area contributed by atoms with Gasteiger partial charge in [-0.25, -0.2) is 5.10 Å². The predicted molar refractivity (Wildman–Crippen MR) is 50.2 cm³/mol. The van der Waals surface area contributed by atoms with Crippen molar-refractivity contribution in [2.45, 2.75) is 13.3 Å². The van der Waals surface area contributed by atoms with E-state index in [1.165, 1.54) is 6.20 Å². The summed E-state index contributed by atoms with van der Waals surface area (Å²) in [6.45, 7) is 1.97. The summed E-state index contributed by atoms with van der Waals surface area (Å²) >= 11 is 5.68. The lowest BCUT2D eigenvalue weighted by Gasteiger charge is -2.01. The van der Waals surface area contributed by atoms with Gasteiger partial charge < -0.3 is 4.74 Å². The summed E-state index contributed by atoms with van der Waals surface area (Å²) in [7, 11) is 0. The molecule has 0 aromatic carbocycles. The Kier molecular flexibility index (Phi) is 3.64. The van der Waals surface area contributed by atoms with Crippen LogP contribution in [0.1, 0.15) is 12.5 Å². The van der Waals surface area contributed by atoms with Crippen molar-refractivity contribution < 1.29 is 9.53 Å². The standard InChI is InChI=1S/C8H9ClN2O3/c1-2-14-7(12)3-5-6(9)4-10-11-8(5)13/h4H,2-3H2,1H3,(H,11,13). The van der Waals surface area contributed by atoms with Crippen LogP contribution in [0.2, 0.25) is 5.02 Å². The Hall–Kier alpha value is -1.36. The minimum atomic E-state index is -0.480. The number of carbonyl (C=O) groups is 1. The minimum absolute atomic E-state index is 0.134. The van der Waals surface area contributed by atoms with Crippen molar-refractivity contribution in [1.82, 2.24) is 10.2 Å². The minimum Gasteiger partial charge on any atom is -0.466 e. The molecule has 1 heterocycles. The molecule has 14 heavy (non-hydrogen) atoms. The van der Waals surface area contributed by atoms with Crippen molar-refractivity contribution in [3.05, 3.63) is 27.1 Å². The zero-order valence-electron chi connectivity index (χ0n) is 7.54. The maximum Gasteiger partial charge on any atom is 0.310 e. The number of ether oxygens (including phenoxy) is 1. The fourth-order valence-electron chi connectivity index (χ4n) is 0.923. The Morgan fingerprint density at radius 1 is 1.71 bits per heavy atom. The van der Waals surface area contributed by atoms with Crippen LogP contribution in [0.4, 0.5) is 0 Å². The van der Waals surface area contributed by atoms with Crippen LogP contribution in [0.15, 0.2) is 11.0 Å². The van der Waals surface area contributed by atoms with E-state index in [1.54, 1.807) is 6.92 Å². The highest BCUT2D eigenvalue weighted by Crippen LogP contribution is 2.09. The van der Waals surface area contributed by atoms with Gasteiger partial charge in [-0.3, -0.25) is 9.59 Å². The maximum absolute atomic E-state index is 11.2. The average Bonchev–Trinajstić information content (AvgIpc) is 2.12. The number of esters is 1.